The van der Waals surface area contributed by atoms with E-state index >= 15 is 0 Å². The van der Waals surface area contributed by atoms with Crippen LogP contribution in [0, 0.1) is 5.92 Å². The van der Waals surface area contributed by atoms with Crippen LogP contribution in [0.2, 0.25) is 0 Å². The summed E-state index contributed by atoms with van der Waals surface area (Å²) in [7, 11) is 0. The van der Waals surface area contributed by atoms with Gasteiger partial charge in [-0.05, 0) is 52.2 Å². The average molecular weight is 306 g/mol. The molecule has 0 radical (unpaired) electrons. The van der Waals surface area contributed by atoms with Crippen molar-refractivity contribution in [3.63, 3.8) is 0 Å². The highest BCUT2D eigenvalue weighted by atomic mass is 16.6. The monoisotopic (exact) mass is 306 g/mol. The highest BCUT2D eigenvalue weighted by molar-refractivity contribution is 5.68. The molecule has 1 aromatic rings. The van der Waals surface area contributed by atoms with Crippen molar-refractivity contribution < 1.29 is 13.9 Å². The van der Waals surface area contributed by atoms with Crippen LogP contribution >= 0.6 is 0 Å². The van der Waals surface area contributed by atoms with Crippen LogP contribution in [0.15, 0.2) is 16.7 Å². The molecule has 1 aromatic heterocycles. The summed E-state index contributed by atoms with van der Waals surface area (Å²) >= 11 is 0. The van der Waals surface area contributed by atoms with Crippen LogP contribution in [0.3, 0.4) is 0 Å². The molecule has 1 saturated heterocycles. The fraction of sp³-hybridized carbons (Fsp3) is 0.706. The molecular weight excluding hydrogens is 280 g/mol. The summed E-state index contributed by atoms with van der Waals surface area (Å²) in [5.74, 6) is 1.38. The molecule has 1 amide bonds. The topological polar surface area (TPSA) is 54.7 Å². The molecule has 1 N–H and O–H groups in total. The Hall–Kier alpha value is -1.49. The molecule has 5 heteroatoms. The number of carbonyl (C=O) groups excluding carboxylic acids is 1. The number of rotatable bonds is 1. The van der Waals surface area contributed by atoms with Gasteiger partial charge in [0, 0.05) is 25.6 Å². The van der Waals surface area contributed by atoms with E-state index in [1.54, 1.807) is 6.26 Å². The zero-order chi connectivity index (χ0) is 16.0. The molecule has 3 heterocycles. The van der Waals surface area contributed by atoms with Gasteiger partial charge in [0.2, 0.25) is 0 Å². The fourth-order valence-corrected chi connectivity index (χ4v) is 3.58. The number of likely N-dealkylation sites (tertiary alicyclic amines) is 1. The number of hydrogen-bond acceptors (Lipinski definition) is 4. The molecule has 0 aliphatic carbocycles. The lowest BCUT2D eigenvalue weighted by molar-refractivity contribution is 0.0276. The minimum absolute atomic E-state index is 0.201. The largest absolute Gasteiger partial charge is 0.467 e. The van der Waals surface area contributed by atoms with Gasteiger partial charge in [-0.25, -0.2) is 4.79 Å². The van der Waals surface area contributed by atoms with E-state index in [9.17, 15) is 4.79 Å². The summed E-state index contributed by atoms with van der Waals surface area (Å²) in [6.45, 7) is 10.3. The number of ether oxygens (including phenoxy) is 1. The summed E-state index contributed by atoms with van der Waals surface area (Å²) in [5.41, 5.74) is 0.640. The summed E-state index contributed by atoms with van der Waals surface area (Å²) in [4.78, 5) is 14.1. The minimum atomic E-state index is -0.448. The maximum atomic E-state index is 12.2. The zero-order valence-corrected chi connectivity index (χ0v) is 13.9. The Kier molecular flexibility index (Phi) is 3.71. The van der Waals surface area contributed by atoms with E-state index in [0.29, 0.717) is 12.5 Å². The fourth-order valence-electron chi connectivity index (χ4n) is 3.58. The van der Waals surface area contributed by atoms with Crippen LogP contribution in [-0.2, 0) is 16.7 Å². The maximum absolute atomic E-state index is 12.2. The molecular formula is C17H26N2O3. The van der Waals surface area contributed by atoms with Gasteiger partial charge < -0.3 is 19.4 Å². The van der Waals surface area contributed by atoms with Gasteiger partial charge >= 0.3 is 6.09 Å². The first-order valence-electron chi connectivity index (χ1n) is 8.09. The number of amides is 1. The van der Waals surface area contributed by atoms with Crippen LogP contribution < -0.4 is 5.32 Å². The second-order valence-electron chi connectivity index (χ2n) is 7.57. The van der Waals surface area contributed by atoms with Crippen molar-refractivity contribution in [1.29, 1.82) is 0 Å². The second-order valence-corrected chi connectivity index (χ2v) is 7.57. The van der Waals surface area contributed by atoms with Gasteiger partial charge in [0.05, 0.1) is 11.8 Å². The van der Waals surface area contributed by atoms with Crippen molar-refractivity contribution >= 4 is 6.09 Å². The molecule has 0 aromatic carbocycles. The number of nitrogens with one attached hydrogen (secondary N) is 1. The third-order valence-electron chi connectivity index (χ3n) is 4.76. The van der Waals surface area contributed by atoms with Crippen molar-refractivity contribution in [3.05, 3.63) is 23.7 Å². The molecule has 0 spiro atoms. The molecule has 2 atom stereocenters. The average Bonchev–Trinajstić information content (AvgIpc) is 3.07. The van der Waals surface area contributed by atoms with Gasteiger partial charge in [-0.3, -0.25) is 0 Å². The molecule has 2 aliphatic rings. The maximum Gasteiger partial charge on any atom is 0.410 e. The van der Waals surface area contributed by atoms with Gasteiger partial charge in [0.15, 0.2) is 0 Å². The smallest absolute Gasteiger partial charge is 0.410 e. The molecule has 0 saturated carbocycles. The number of hydrogen-bond donors (Lipinski definition) is 1. The van der Waals surface area contributed by atoms with Gasteiger partial charge in [-0.1, -0.05) is 0 Å². The summed E-state index contributed by atoms with van der Waals surface area (Å²) < 4.78 is 11.3. The van der Waals surface area contributed by atoms with Crippen molar-refractivity contribution in [2.45, 2.75) is 51.7 Å². The van der Waals surface area contributed by atoms with Crippen LogP contribution in [0.1, 0.15) is 45.4 Å². The van der Waals surface area contributed by atoms with E-state index < -0.39 is 5.60 Å². The highest BCUT2D eigenvalue weighted by Gasteiger charge is 2.45. The Labute approximate surface area is 132 Å². The van der Waals surface area contributed by atoms with Crippen molar-refractivity contribution in [3.8, 4) is 0 Å². The SMILES string of the molecule is CC(C)(C)OC(=O)N1CCC(C2(C)NCCc3ccoc32)C1. The predicted octanol–water partition coefficient (Wildman–Crippen LogP) is 2.90. The molecule has 2 unspecified atom stereocenters. The van der Waals surface area contributed by atoms with Gasteiger partial charge in [0.25, 0.3) is 0 Å². The van der Waals surface area contributed by atoms with E-state index in [4.69, 9.17) is 9.15 Å². The Morgan fingerprint density at radius 1 is 1.50 bits per heavy atom. The zero-order valence-electron chi connectivity index (χ0n) is 13.9. The first-order valence-corrected chi connectivity index (χ1v) is 8.09. The standard InChI is InChI=1S/C17H26N2O3/c1-16(2,3)22-15(20)19-9-6-13(11-19)17(4)14-12(5-8-18-17)7-10-21-14/h7,10,13,18H,5-6,8-9,11H2,1-4H3. The van der Waals surface area contributed by atoms with E-state index in [2.05, 4.69) is 18.3 Å². The van der Waals surface area contributed by atoms with Gasteiger partial charge in [0.1, 0.15) is 11.4 Å². The van der Waals surface area contributed by atoms with E-state index in [0.717, 1.165) is 31.7 Å². The van der Waals surface area contributed by atoms with Crippen LogP contribution in [0.5, 0.6) is 0 Å². The number of nitrogens with zero attached hydrogens (tertiary/aromatic N) is 1. The summed E-state index contributed by atoms with van der Waals surface area (Å²) in [6.07, 6.45) is 3.53. The van der Waals surface area contributed by atoms with Crippen LogP contribution in [0.4, 0.5) is 4.79 Å². The van der Waals surface area contributed by atoms with E-state index in [1.807, 2.05) is 25.7 Å². The van der Waals surface area contributed by atoms with Crippen molar-refractivity contribution in [2.24, 2.45) is 5.92 Å². The van der Waals surface area contributed by atoms with Gasteiger partial charge in [-0.2, -0.15) is 0 Å². The number of fused-ring (bicyclic) bond motifs is 1. The molecule has 1 fully saturated rings. The van der Waals surface area contributed by atoms with E-state index in [-0.39, 0.29) is 11.6 Å². The molecule has 2 aliphatic heterocycles. The predicted molar refractivity (Wildman–Crippen MR) is 83.7 cm³/mol. The Morgan fingerprint density at radius 3 is 3.00 bits per heavy atom. The second kappa shape index (κ2) is 5.30. The molecule has 22 heavy (non-hydrogen) atoms. The van der Waals surface area contributed by atoms with Crippen LogP contribution in [-0.4, -0.2) is 36.2 Å². The van der Waals surface area contributed by atoms with Crippen molar-refractivity contribution in [1.82, 2.24) is 10.2 Å². The lowest BCUT2D eigenvalue weighted by atomic mass is 9.78. The summed E-state index contributed by atoms with van der Waals surface area (Å²) in [6, 6.07) is 2.06. The molecule has 122 valence electrons. The Bertz CT molecular complexity index is 560. The Morgan fingerprint density at radius 2 is 2.27 bits per heavy atom. The molecule has 3 rings (SSSR count). The quantitative estimate of drug-likeness (QED) is 0.867. The lowest BCUT2D eigenvalue weighted by Gasteiger charge is -2.38. The lowest BCUT2D eigenvalue weighted by Crippen LogP contribution is -2.50. The number of furan rings is 1. The third kappa shape index (κ3) is 2.74. The molecule has 0 bridgehead atoms. The first kappa shape index (κ1) is 15.4. The first-order chi connectivity index (χ1) is 10.3. The van der Waals surface area contributed by atoms with Crippen LogP contribution in [0.25, 0.3) is 0 Å². The van der Waals surface area contributed by atoms with Crippen molar-refractivity contribution in [2.75, 3.05) is 19.6 Å². The third-order valence-corrected chi connectivity index (χ3v) is 4.76. The van der Waals surface area contributed by atoms with E-state index in [1.165, 1.54) is 5.56 Å². The normalized spacial score (nSPS) is 28.5. The minimum Gasteiger partial charge on any atom is -0.467 e. The number of carbonyl (C=O) groups is 1. The van der Waals surface area contributed by atoms with Gasteiger partial charge in [-0.15, -0.1) is 0 Å². The highest BCUT2D eigenvalue weighted by Crippen LogP contribution is 2.40. The Balaban J connectivity index is 1.72. The molecule has 5 nitrogen and oxygen atoms in total. The summed E-state index contributed by atoms with van der Waals surface area (Å²) in [5, 5.41) is 3.61.